The Hall–Kier alpha value is -5.82. The minimum atomic E-state index is -0.455. The maximum absolute atomic E-state index is 12.6. The number of aromatic nitrogens is 3. The largest absolute Gasteiger partial charge is 0.446 e. The predicted molar refractivity (Wildman–Crippen MR) is 289 cm³/mol. The highest BCUT2D eigenvalue weighted by Gasteiger charge is 2.27. The summed E-state index contributed by atoms with van der Waals surface area (Å²) in [5.41, 5.74) is 14.4. The van der Waals surface area contributed by atoms with Crippen molar-refractivity contribution in [3.63, 3.8) is 0 Å². The van der Waals surface area contributed by atoms with Crippen molar-refractivity contribution in [2.45, 2.75) is 143 Å². The third-order valence-corrected chi connectivity index (χ3v) is 14.3. The standard InChI is InChI=1S/C32H44N6O4S.C12H12N2OS.C10H19NO2/c1-22-27(36-32(41)42-25-15-17-38(2)18-16-25)19-24(21-34-22)23-13-14-26-28(20-23)43-31(35-26)37-30(40)12-10-8-6-4-3-5-7-9-11-29(33)39;1-9-12(16-8-14-9)11-4-2-10(3-5-11)6-13-7-15;1-10(2,3)6-9(13)11-5-4-8(12)7-11/h13-14,19-21,25H,3-12,15-18H2,1-2H3,(H2,33,39)(H,36,41)(H,35,37,40);2-5,7-8H,6H2,1H3,(H,13,15);8,12H,4-7H2,1-3H3. The summed E-state index contributed by atoms with van der Waals surface area (Å²) >= 11 is 3.09. The maximum atomic E-state index is 12.6. The van der Waals surface area contributed by atoms with Gasteiger partial charge >= 0.3 is 6.09 Å². The number of likely N-dealkylation sites (tertiary alicyclic amines) is 2. The van der Waals surface area contributed by atoms with Crippen molar-refractivity contribution in [2.24, 2.45) is 11.1 Å². The Labute approximate surface area is 432 Å². The van der Waals surface area contributed by atoms with Crippen LogP contribution in [0.2, 0.25) is 0 Å². The number of thiazole rings is 2. The number of carbonyl (C=O) groups is 5. The van der Waals surface area contributed by atoms with Gasteiger partial charge in [-0.3, -0.25) is 29.5 Å². The number of nitrogens with one attached hydrogen (secondary N) is 3. The van der Waals surface area contributed by atoms with E-state index in [1.54, 1.807) is 22.4 Å². The molecule has 16 nitrogen and oxygen atoms in total. The lowest BCUT2D eigenvalue weighted by atomic mass is 9.92. The molecule has 1 unspecified atom stereocenters. The van der Waals surface area contributed by atoms with Gasteiger partial charge in [0.15, 0.2) is 5.13 Å². The van der Waals surface area contributed by atoms with E-state index < -0.39 is 6.09 Å². The highest BCUT2D eigenvalue weighted by atomic mass is 32.1. The van der Waals surface area contributed by atoms with Crippen molar-refractivity contribution in [2.75, 3.05) is 43.9 Å². The second-order valence-electron chi connectivity index (χ2n) is 19.9. The molecule has 0 saturated carbocycles. The first-order chi connectivity index (χ1) is 34.5. The monoisotopic (exact) mass is 1030 g/mol. The molecular formula is C54H75N9O7S2. The zero-order valence-electron chi connectivity index (χ0n) is 43.0. The van der Waals surface area contributed by atoms with Crippen LogP contribution in [0, 0.1) is 19.3 Å². The molecule has 2 aliphatic rings. The van der Waals surface area contributed by atoms with Gasteiger partial charge in [0.1, 0.15) is 6.10 Å². The average molecular weight is 1030 g/mol. The molecule has 5 amide bonds. The van der Waals surface area contributed by atoms with Crippen LogP contribution < -0.4 is 21.7 Å². The molecule has 3 aromatic heterocycles. The molecule has 0 radical (unpaired) electrons. The van der Waals surface area contributed by atoms with E-state index in [1.165, 1.54) is 21.8 Å². The quantitative estimate of drug-likeness (QED) is 0.0365. The van der Waals surface area contributed by atoms with Crippen molar-refractivity contribution >= 4 is 73.9 Å². The topological polar surface area (TPSA) is 222 Å². The molecule has 5 heterocycles. The molecule has 0 aliphatic carbocycles. The Balaban J connectivity index is 0.000000267. The van der Waals surface area contributed by atoms with E-state index in [-0.39, 0.29) is 35.3 Å². The Kier molecular flexibility index (Phi) is 23.0. The third kappa shape index (κ3) is 20.0. The Morgan fingerprint density at radius 3 is 2.11 bits per heavy atom. The number of fused-ring (bicyclic) bond motifs is 1. The highest BCUT2D eigenvalue weighted by molar-refractivity contribution is 7.22. The summed E-state index contributed by atoms with van der Waals surface area (Å²) < 4.78 is 6.60. The Morgan fingerprint density at radius 1 is 0.833 bits per heavy atom. The van der Waals surface area contributed by atoms with Crippen molar-refractivity contribution in [3.8, 4) is 21.6 Å². The van der Waals surface area contributed by atoms with E-state index in [0.29, 0.717) is 55.3 Å². The van der Waals surface area contributed by atoms with Gasteiger partial charge in [0.2, 0.25) is 24.1 Å². The average Bonchev–Trinajstić information content (AvgIpc) is 4.09. The van der Waals surface area contributed by atoms with Crippen molar-refractivity contribution in [1.29, 1.82) is 0 Å². The van der Waals surface area contributed by atoms with Crippen LogP contribution in [-0.2, 0) is 30.5 Å². The molecule has 5 aromatic rings. The minimum Gasteiger partial charge on any atom is -0.446 e. The van der Waals surface area contributed by atoms with Gasteiger partial charge in [-0.25, -0.2) is 14.8 Å². The molecular weight excluding hydrogens is 951 g/mol. The molecule has 2 aliphatic heterocycles. The van der Waals surface area contributed by atoms with Crippen LogP contribution in [0.25, 0.3) is 31.8 Å². The van der Waals surface area contributed by atoms with Crippen molar-refractivity contribution in [1.82, 2.24) is 30.1 Å². The summed E-state index contributed by atoms with van der Waals surface area (Å²) in [6.07, 6.45) is 13.9. The zero-order chi connectivity index (χ0) is 52.0. The lowest BCUT2D eigenvalue weighted by Crippen LogP contribution is -2.36. The first-order valence-corrected chi connectivity index (χ1v) is 26.9. The summed E-state index contributed by atoms with van der Waals surface area (Å²) in [7, 11) is 2.07. The first-order valence-electron chi connectivity index (χ1n) is 25.2. The number of benzene rings is 2. The molecule has 72 heavy (non-hydrogen) atoms. The van der Waals surface area contributed by atoms with Crippen LogP contribution >= 0.6 is 22.7 Å². The SMILES string of the molecule is CC(C)(C)CC(=O)N1CCC(O)C1.Cc1ncc(-c2ccc3nc(NC(=O)CCCCCCCCCCC(N)=O)sc3c2)cc1NC(=O)OC1CCN(C)CC1.Cc1ncsc1-c1ccc(CNC=O)cc1. The van der Waals surface area contributed by atoms with Gasteiger partial charge in [0.25, 0.3) is 0 Å². The molecule has 2 saturated heterocycles. The number of β-amino-alcohol motifs (C(OH)–C–C–N with tert-alkyl or cyclic N) is 1. The lowest BCUT2D eigenvalue weighted by molar-refractivity contribution is -0.132. The Morgan fingerprint density at radius 2 is 1.50 bits per heavy atom. The second kappa shape index (κ2) is 29.0. The molecule has 2 fully saturated rings. The summed E-state index contributed by atoms with van der Waals surface area (Å²) in [6, 6.07) is 16.0. The van der Waals surface area contributed by atoms with E-state index in [4.69, 9.17) is 10.5 Å². The van der Waals surface area contributed by atoms with E-state index in [9.17, 15) is 29.1 Å². The van der Waals surface area contributed by atoms with E-state index >= 15 is 0 Å². The normalized spacial score (nSPS) is 14.9. The van der Waals surface area contributed by atoms with Crippen LogP contribution in [0.15, 0.2) is 60.2 Å². The van der Waals surface area contributed by atoms with Crippen LogP contribution in [0.1, 0.15) is 128 Å². The summed E-state index contributed by atoms with van der Waals surface area (Å²) in [5, 5.41) is 18.3. The molecule has 7 rings (SSSR count). The van der Waals surface area contributed by atoms with Crippen LogP contribution in [0.3, 0.4) is 0 Å². The van der Waals surface area contributed by atoms with Gasteiger partial charge in [0.05, 0.1) is 43.8 Å². The van der Waals surface area contributed by atoms with Crippen LogP contribution in [0.4, 0.5) is 15.6 Å². The molecule has 1 atom stereocenters. The molecule has 18 heteroatoms. The number of amides is 5. The highest BCUT2D eigenvalue weighted by Crippen LogP contribution is 2.32. The van der Waals surface area contributed by atoms with Crippen LogP contribution in [0.5, 0.6) is 0 Å². The second-order valence-corrected chi connectivity index (χ2v) is 21.8. The number of anilines is 2. The number of carbonyl (C=O) groups excluding carboxylic acids is 5. The third-order valence-electron chi connectivity index (χ3n) is 12.4. The molecule has 6 N–H and O–H groups in total. The number of pyridine rings is 1. The minimum absolute atomic E-state index is 0.0173. The van der Waals surface area contributed by atoms with Gasteiger partial charge in [-0.15, -0.1) is 11.3 Å². The fraction of sp³-hybridized carbons (Fsp3) is 0.519. The smallest absolute Gasteiger partial charge is 0.411 e. The lowest BCUT2D eigenvalue weighted by Gasteiger charge is -2.28. The summed E-state index contributed by atoms with van der Waals surface area (Å²) in [6.45, 7) is 13.7. The molecule has 390 valence electrons. The molecule has 0 bridgehead atoms. The number of primary amides is 1. The first kappa shape index (κ1) is 57.1. The van der Waals surface area contributed by atoms with Gasteiger partial charge in [0, 0.05) is 63.7 Å². The van der Waals surface area contributed by atoms with E-state index in [2.05, 4.69) is 75.8 Å². The van der Waals surface area contributed by atoms with Gasteiger partial charge in [-0.05, 0) is 93.3 Å². The number of hydrogen-bond donors (Lipinski definition) is 5. The van der Waals surface area contributed by atoms with Gasteiger partial charge in [-0.1, -0.05) is 101 Å². The number of unbranched alkanes of at least 4 members (excludes halogenated alkanes) is 7. The maximum Gasteiger partial charge on any atom is 0.411 e. The number of piperidine rings is 1. The summed E-state index contributed by atoms with van der Waals surface area (Å²) in [5.74, 6) is -0.0692. The number of aryl methyl sites for hydroxylation is 2. The number of nitrogens with two attached hydrogens (primary N) is 1. The number of nitrogens with zero attached hydrogens (tertiary/aromatic N) is 5. The fourth-order valence-corrected chi connectivity index (χ4v) is 9.98. The Bertz CT molecular complexity index is 2520. The number of aliphatic hydroxyl groups is 1. The number of hydrogen-bond acceptors (Lipinski definition) is 13. The molecule has 0 spiro atoms. The fourth-order valence-electron chi connectivity index (χ4n) is 8.24. The van der Waals surface area contributed by atoms with E-state index in [0.717, 1.165) is 123 Å². The van der Waals surface area contributed by atoms with Gasteiger partial charge in [-0.2, -0.15) is 0 Å². The van der Waals surface area contributed by atoms with Gasteiger partial charge < -0.3 is 36.0 Å². The number of aliphatic hydroxyl groups excluding tert-OH is 1. The van der Waals surface area contributed by atoms with E-state index in [1.807, 2.05) is 55.8 Å². The van der Waals surface area contributed by atoms with Crippen molar-refractivity contribution in [3.05, 3.63) is 77.2 Å². The van der Waals surface area contributed by atoms with Crippen molar-refractivity contribution < 1.29 is 33.8 Å². The predicted octanol–water partition coefficient (Wildman–Crippen LogP) is 10.0. The number of rotatable bonds is 20. The zero-order valence-corrected chi connectivity index (χ0v) is 44.6. The van der Waals surface area contributed by atoms with Crippen LogP contribution in [-0.4, -0.2) is 106 Å². The summed E-state index contributed by atoms with van der Waals surface area (Å²) in [4.78, 5) is 76.1. The molecule has 2 aromatic carbocycles. The number of ether oxygens (including phenoxy) is 1.